The van der Waals surface area contributed by atoms with E-state index < -0.39 is 45.1 Å². The fourth-order valence-electron chi connectivity index (χ4n) is 5.47. The lowest BCUT2D eigenvalue weighted by Crippen LogP contribution is -2.34. The summed E-state index contributed by atoms with van der Waals surface area (Å²) in [6, 6.07) is -1.48. The van der Waals surface area contributed by atoms with E-state index >= 15 is 0 Å². The lowest BCUT2D eigenvalue weighted by atomic mass is 10.0. The fraction of sp³-hybridized carbons (Fsp3) is 0.805. The molecule has 0 saturated heterocycles. The van der Waals surface area contributed by atoms with Crippen molar-refractivity contribution in [3.8, 4) is 0 Å². The first-order valence-electron chi connectivity index (χ1n) is 20.6. The molecule has 0 fully saturated rings. The first-order valence-corrected chi connectivity index (χ1v) is 22.1. The molecule has 304 valence electrons. The van der Waals surface area contributed by atoms with Crippen LogP contribution in [-0.2, 0) is 32.7 Å². The van der Waals surface area contributed by atoms with Crippen LogP contribution >= 0.6 is 7.82 Å². The molecule has 0 rings (SSSR count). The maximum absolute atomic E-state index is 12.6. The van der Waals surface area contributed by atoms with Crippen molar-refractivity contribution in [1.82, 2.24) is 0 Å². The number of ether oxygens (including phenoxy) is 2. The quantitative estimate of drug-likeness (QED) is 0.0181. The second kappa shape index (κ2) is 37.3. The van der Waals surface area contributed by atoms with Crippen molar-refractivity contribution in [2.75, 3.05) is 19.8 Å². The van der Waals surface area contributed by atoms with Gasteiger partial charge in [-0.25, -0.2) is 4.57 Å². The van der Waals surface area contributed by atoms with Gasteiger partial charge in [0.15, 0.2) is 6.10 Å². The van der Waals surface area contributed by atoms with E-state index in [1.54, 1.807) is 6.26 Å². The van der Waals surface area contributed by atoms with Crippen molar-refractivity contribution >= 4 is 19.8 Å². The van der Waals surface area contributed by atoms with Crippen molar-refractivity contribution in [3.05, 3.63) is 36.6 Å². The average molecular weight is 758 g/mol. The zero-order valence-electron chi connectivity index (χ0n) is 32.9. The second-order valence-electron chi connectivity index (χ2n) is 13.8. The zero-order valence-corrected chi connectivity index (χ0v) is 33.8. The van der Waals surface area contributed by atoms with Crippen molar-refractivity contribution in [2.24, 2.45) is 5.73 Å². The number of allylic oxidation sites excluding steroid dienone is 5. The molecule has 52 heavy (non-hydrogen) atoms. The van der Waals surface area contributed by atoms with Crippen molar-refractivity contribution in [2.45, 2.75) is 193 Å². The van der Waals surface area contributed by atoms with Crippen LogP contribution in [-0.4, -0.2) is 53.9 Å². The molecule has 0 bridgehead atoms. The molecule has 0 radical (unpaired) electrons. The maximum atomic E-state index is 12.6. The van der Waals surface area contributed by atoms with Gasteiger partial charge in [-0.05, 0) is 51.0 Å². The number of phosphoric acid groups is 1. The topological polar surface area (TPSA) is 155 Å². The van der Waals surface area contributed by atoms with Gasteiger partial charge in [0.25, 0.3) is 0 Å². The summed E-state index contributed by atoms with van der Waals surface area (Å²) in [5.74, 6) is -1.82. The van der Waals surface area contributed by atoms with Crippen LogP contribution in [0.5, 0.6) is 0 Å². The SMILES string of the molecule is CCCC/C=C\C/C=C\CCCCCCCC(=O)O[C@H](CO/C=C\CCCCCCCCCCCCCCCC)COP(=O)(O)OC[C@H](N)C(=O)O. The third kappa shape index (κ3) is 36.4. The van der Waals surface area contributed by atoms with Gasteiger partial charge in [-0.3, -0.25) is 18.6 Å². The summed E-state index contributed by atoms with van der Waals surface area (Å²) >= 11 is 0. The minimum atomic E-state index is -4.63. The smallest absolute Gasteiger partial charge is 0.472 e. The second-order valence-corrected chi connectivity index (χ2v) is 15.3. The summed E-state index contributed by atoms with van der Waals surface area (Å²) in [4.78, 5) is 33.4. The Morgan fingerprint density at radius 3 is 1.62 bits per heavy atom. The van der Waals surface area contributed by atoms with Crippen LogP contribution in [0.15, 0.2) is 36.6 Å². The predicted molar refractivity (Wildman–Crippen MR) is 212 cm³/mol. The Morgan fingerprint density at radius 1 is 0.615 bits per heavy atom. The number of carboxylic acids is 1. The Balaban J connectivity index is 4.34. The van der Waals surface area contributed by atoms with Crippen LogP contribution in [0.25, 0.3) is 0 Å². The number of phosphoric ester groups is 1. The monoisotopic (exact) mass is 758 g/mol. The Labute approximate surface area is 317 Å². The Bertz CT molecular complexity index is 972. The van der Waals surface area contributed by atoms with Gasteiger partial charge in [0, 0.05) is 6.42 Å². The predicted octanol–water partition coefficient (Wildman–Crippen LogP) is 11.3. The molecule has 0 heterocycles. The number of hydrogen-bond acceptors (Lipinski definition) is 8. The van der Waals surface area contributed by atoms with E-state index in [1.165, 1.54) is 96.3 Å². The molecule has 10 nitrogen and oxygen atoms in total. The highest BCUT2D eigenvalue weighted by Gasteiger charge is 2.27. The molecule has 0 aromatic carbocycles. The molecule has 0 aromatic rings. The van der Waals surface area contributed by atoms with Crippen LogP contribution in [0.3, 0.4) is 0 Å². The van der Waals surface area contributed by atoms with Gasteiger partial charge in [0.05, 0.1) is 19.5 Å². The van der Waals surface area contributed by atoms with Crippen LogP contribution in [0.1, 0.15) is 181 Å². The maximum Gasteiger partial charge on any atom is 0.472 e. The molecular formula is C41H76NO9P. The molecule has 0 aliphatic carbocycles. The first-order chi connectivity index (χ1) is 25.2. The van der Waals surface area contributed by atoms with Gasteiger partial charge in [-0.1, -0.05) is 154 Å². The molecule has 3 atom stereocenters. The Hall–Kier alpha value is -1.97. The molecule has 11 heteroatoms. The number of unbranched alkanes of at least 4 members (excludes halogenated alkanes) is 21. The highest BCUT2D eigenvalue weighted by Crippen LogP contribution is 2.43. The number of carboxylic acid groups (broad SMARTS) is 1. The molecule has 0 aliphatic rings. The van der Waals surface area contributed by atoms with Crippen LogP contribution in [0.4, 0.5) is 0 Å². The largest absolute Gasteiger partial charge is 0.498 e. The van der Waals surface area contributed by atoms with Crippen molar-refractivity contribution < 1.29 is 42.7 Å². The summed E-state index contributed by atoms with van der Waals surface area (Å²) in [5, 5.41) is 8.87. The minimum absolute atomic E-state index is 0.0718. The minimum Gasteiger partial charge on any atom is -0.498 e. The number of hydrogen-bond donors (Lipinski definition) is 3. The number of aliphatic carboxylic acids is 1. The number of carbonyl (C=O) groups excluding carboxylic acids is 1. The fourth-order valence-corrected chi connectivity index (χ4v) is 6.25. The van der Waals surface area contributed by atoms with Crippen LogP contribution in [0.2, 0.25) is 0 Å². The van der Waals surface area contributed by atoms with Gasteiger partial charge in [0.1, 0.15) is 12.6 Å². The van der Waals surface area contributed by atoms with Crippen molar-refractivity contribution in [3.63, 3.8) is 0 Å². The third-order valence-corrected chi connectivity index (χ3v) is 9.69. The molecule has 0 spiro atoms. The summed E-state index contributed by atoms with van der Waals surface area (Å²) < 4.78 is 33.0. The van der Waals surface area contributed by atoms with E-state index in [2.05, 4.69) is 42.7 Å². The van der Waals surface area contributed by atoms with Gasteiger partial charge in [-0.15, -0.1) is 0 Å². The summed E-state index contributed by atoms with van der Waals surface area (Å²) in [7, 11) is -4.63. The normalized spacial score (nSPS) is 14.3. The van der Waals surface area contributed by atoms with Crippen molar-refractivity contribution in [1.29, 1.82) is 0 Å². The molecule has 1 unspecified atom stereocenters. The number of rotatable bonds is 39. The molecule has 4 N–H and O–H groups in total. The highest BCUT2D eigenvalue weighted by atomic mass is 31.2. The van der Waals surface area contributed by atoms with E-state index in [9.17, 15) is 19.0 Å². The number of nitrogens with two attached hydrogens (primary N) is 1. The molecule has 0 saturated carbocycles. The number of carbonyl (C=O) groups is 2. The van der Waals surface area contributed by atoms with Gasteiger partial charge in [0.2, 0.25) is 0 Å². The summed E-state index contributed by atoms with van der Waals surface area (Å²) in [6.07, 6.45) is 41.4. The number of esters is 1. The Kier molecular flexibility index (Phi) is 35.9. The van der Waals surface area contributed by atoms with Crippen LogP contribution in [0, 0.1) is 0 Å². The molecular weight excluding hydrogens is 681 g/mol. The summed E-state index contributed by atoms with van der Waals surface area (Å²) in [5.41, 5.74) is 5.34. The standard InChI is InChI=1S/C41H76NO9P/c1-3-5-7-9-11-13-15-17-19-20-22-24-26-28-30-32-34-48-35-38(36-49-52(46,47)50-37-39(42)41(44)45)51-40(43)33-31-29-27-25-23-21-18-16-14-12-10-8-6-4-2/h10,12,16,18,32,34,38-39H,3-9,11,13-15,17,19-31,33,35-37,42H2,1-2H3,(H,44,45)(H,46,47)/b12-10-,18-16-,34-32-/t38-,39+/m1/s1. The highest BCUT2D eigenvalue weighted by molar-refractivity contribution is 7.47. The van der Waals surface area contributed by atoms with E-state index in [0.717, 1.165) is 57.8 Å². The Morgan fingerprint density at radius 2 is 1.08 bits per heavy atom. The van der Waals surface area contributed by atoms with E-state index in [1.807, 2.05) is 6.08 Å². The molecule has 0 amide bonds. The van der Waals surface area contributed by atoms with Gasteiger partial charge in [-0.2, -0.15) is 0 Å². The third-order valence-electron chi connectivity index (χ3n) is 8.74. The van der Waals surface area contributed by atoms with Crippen LogP contribution < -0.4 is 5.73 Å². The van der Waals surface area contributed by atoms with Gasteiger partial charge < -0.3 is 25.2 Å². The van der Waals surface area contributed by atoms with E-state index in [4.69, 9.17) is 24.8 Å². The van der Waals surface area contributed by atoms with E-state index in [-0.39, 0.29) is 13.0 Å². The summed E-state index contributed by atoms with van der Waals surface area (Å²) in [6.45, 7) is 3.22. The first kappa shape index (κ1) is 50.0. The van der Waals surface area contributed by atoms with Gasteiger partial charge >= 0.3 is 19.8 Å². The lowest BCUT2D eigenvalue weighted by molar-refractivity contribution is -0.153. The lowest BCUT2D eigenvalue weighted by Gasteiger charge is -2.20. The zero-order chi connectivity index (χ0) is 38.4. The van der Waals surface area contributed by atoms with E-state index in [0.29, 0.717) is 6.42 Å². The average Bonchev–Trinajstić information content (AvgIpc) is 3.12. The molecule has 0 aliphatic heterocycles. The molecule has 0 aromatic heterocycles.